The second-order valence-electron chi connectivity index (χ2n) is 7.96. The van der Waals surface area contributed by atoms with Crippen LogP contribution in [0.2, 0.25) is 0 Å². The fourth-order valence-electron chi connectivity index (χ4n) is 4.30. The van der Waals surface area contributed by atoms with Gasteiger partial charge in [0.1, 0.15) is 11.8 Å². The van der Waals surface area contributed by atoms with Gasteiger partial charge in [-0.05, 0) is 44.2 Å². The number of carbonyl (C=O) groups is 1. The highest BCUT2D eigenvalue weighted by Gasteiger charge is 2.40. The summed E-state index contributed by atoms with van der Waals surface area (Å²) < 4.78 is 33.2. The van der Waals surface area contributed by atoms with Crippen LogP contribution in [-0.2, 0) is 14.8 Å². The van der Waals surface area contributed by atoms with Crippen molar-refractivity contribution in [3.63, 3.8) is 0 Å². The Kier molecular flexibility index (Phi) is 6.99. The van der Waals surface area contributed by atoms with Crippen LogP contribution in [0.3, 0.4) is 0 Å². The van der Waals surface area contributed by atoms with Crippen molar-refractivity contribution in [2.24, 2.45) is 0 Å². The number of amides is 1. The lowest BCUT2D eigenvalue weighted by Crippen LogP contribution is -2.49. The maximum absolute atomic E-state index is 13.3. The summed E-state index contributed by atoms with van der Waals surface area (Å²) in [7, 11) is -2.24. The van der Waals surface area contributed by atoms with Gasteiger partial charge in [0, 0.05) is 18.7 Å². The van der Waals surface area contributed by atoms with E-state index in [0.717, 1.165) is 25.7 Å². The molecule has 0 aromatic heterocycles. The van der Waals surface area contributed by atoms with Crippen molar-refractivity contribution in [1.82, 2.24) is 9.62 Å². The maximum atomic E-state index is 13.3. The molecule has 1 saturated carbocycles. The van der Waals surface area contributed by atoms with Gasteiger partial charge in [0.25, 0.3) is 0 Å². The number of benzene rings is 1. The van der Waals surface area contributed by atoms with Crippen LogP contribution in [0.15, 0.2) is 23.1 Å². The molecule has 2 fully saturated rings. The molecule has 28 heavy (non-hydrogen) atoms. The highest BCUT2D eigenvalue weighted by molar-refractivity contribution is 7.89. The van der Waals surface area contributed by atoms with Gasteiger partial charge in [0.15, 0.2) is 0 Å². The largest absolute Gasteiger partial charge is 0.497 e. The second kappa shape index (κ2) is 9.27. The summed E-state index contributed by atoms with van der Waals surface area (Å²) in [5.41, 5.74) is 0.659. The molecule has 6 nitrogen and oxygen atoms in total. The van der Waals surface area contributed by atoms with Gasteiger partial charge in [0.05, 0.1) is 12.0 Å². The summed E-state index contributed by atoms with van der Waals surface area (Å²) in [4.78, 5) is 13.2. The zero-order valence-electron chi connectivity index (χ0n) is 16.9. The van der Waals surface area contributed by atoms with Crippen molar-refractivity contribution < 1.29 is 17.9 Å². The van der Waals surface area contributed by atoms with Gasteiger partial charge in [-0.2, -0.15) is 4.31 Å². The minimum Gasteiger partial charge on any atom is -0.497 e. The molecule has 1 aliphatic heterocycles. The molecule has 0 bridgehead atoms. The molecule has 1 aromatic rings. The first-order valence-electron chi connectivity index (χ1n) is 10.4. The van der Waals surface area contributed by atoms with E-state index in [2.05, 4.69) is 5.32 Å². The minimum atomic E-state index is -3.76. The topological polar surface area (TPSA) is 75.7 Å². The Morgan fingerprint density at radius 2 is 1.75 bits per heavy atom. The smallest absolute Gasteiger partial charge is 0.244 e. The molecule has 3 rings (SSSR count). The molecule has 1 N–H and O–H groups in total. The number of sulfonamides is 1. The molecule has 0 spiro atoms. The summed E-state index contributed by atoms with van der Waals surface area (Å²) in [6.45, 7) is 2.15. The summed E-state index contributed by atoms with van der Waals surface area (Å²) in [6.07, 6.45) is 9.19. The number of hydrogen-bond donors (Lipinski definition) is 1. The molecule has 156 valence electrons. The standard InChI is InChI=1S/C21H32N2O4S/c1-16-12-13-18(27-2)15-20(16)28(25,26)23-14-8-11-19(23)21(24)22-17-9-6-4-3-5-7-10-17/h12-13,15,17,19H,3-11,14H2,1-2H3,(H,22,24)/t19-/m1/s1. The van der Waals surface area contributed by atoms with Crippen molar-refractivity contribution in [3.05, 3.63) is 23.8 Å². The predicted molar refractivity (Wildman–Crippen MR) is 109 cm³/mol. The molecule has 1 saturated heterocycles. The summed E-state index contributed by atoms with van der Waals surface area (Å²) in [5.74, 6) is 0.353. The van der Waals surface area contributed by atoms with E-state index in [1.54, 1.807) is 25.1 Å². The Balaban J connectivity index is 1.77. The van der Waals surface area contributed by atoms with Crippen LogP contribution in [0.1, 0.15) is 63.4 Å². The third-order valence-electron chi connectivity index (χ3n) is 5.94. The van der Waals surface area contributed by atoms with Crippen molar-refractivity contribution in [2.75, 3.05) is 13.7 Å². The summed E-state index contributed by atoms with van der Waals surface area (Å²) >= 11 is 0. The number of nitrogens with one attached hydrogen (secondary N) is 1. The van der Waals surface area contributed by atoms with E-state index in [1.165, 1.54) is 30.7 Å². The van der Waals surface area contributed by atoms with Crippen LogP contribution < -0.4 is 10.1 Å². The Bertz CT molecular complexity index is 786. The van der Waals surface area contributed by atoms with Crippen LogP contribution >= 0.6 is 0 Å². The van der Waals surface area contributed by atoms with Crippen LogP contribution in [0, 0.1) is 6.92 Å². The van der Waals surface area contributed by atoms with Crippen molar-refractivity contribution in [1.29, 1.82) is 0 Å². The normalized spacial score (nSPS) is 22.4. The van der Waals surface area contributed by atoms with E-state index in [0.29, 0.717) is 30.7 Å². The molecule has 1 atom stereocenters. The zero-order chi connectivity index (χ0) is 20.1. The van der Waals surface area contributed by atoms with Gasteiger partial charge in [-0.25, -0.2) is 8.42 Å². The maximum Gasteiger partial charge on any atom is 0.244 e. The average molecular weight is 409 g/mol. The first-order valence-corrected chi connectivity index (χ1v) is 11.8. The van der Waals surface area contributed by atoms with Gasteiger partial charge in [-0.1, -0.05) is 38.2 Å². The molecule has 0 unspecified atom stereocenters. The Morgan fingerprint density at radius 3 is 2.43 bits per heavy atom. The van der Waals surface area contributed by atoms with Gasteiger partial charge in [-0.3, -0.25) is 4.79 Å². The Hall–Kier alpha value is -1.60. The van der Waals surface area contributed by atoms with E-state index < -0.39 is 16.1 Å². The van der Waals surface area contributed by atoms with Crippen LogP contribution in [-0.4, -0.2) is 44.4 Å². The number of methoxy groups -OCH3 is 1. The number of carbonyl (C=O) groups excluding carboxylic acids is 1. The minimum absolute atomic E-state index is 0.146. The molecule has 0 radical (unpaired) electrons. The van der Waals surface area contributed by atoms with E-state index in [4.69, 9.17) is 4.74 Å². The molecule has 2 aliphatic rings. The number of hydrogen-bond acceptors (Lipinski definition) is 4. The van der Waals surface area contributed by atoms with Crippen LogP contribution in [0.5, 0.6) is 5.75 Å². The Morgan fingerprint density at radius 1 is 1.07 bits per heavy atom. The molecule has 1 amide bonds. The third-order valence-corrected chi connectivity index (χ3v) is 7.99. The van der Waals surface area contributed by atoms with E-state index in [1.807, 2.05) is 0 Å². The predicted octanol–water partition coefficient (Wildman–Crippen LogP) is 3.39. The van der Waals surface area contributed by atoms with E-state index in [9.17, 15) is 13.2 Å². The molecule has 7 heteroatoms. The van der Waals surface area contributed by atoms with Crippen molar-refractivity contribution in [3.8, 4) is 5.75 Å². The van der Waals surface area contributed by atoms with Gasteiger partial charge in [-0.15, -0.1) is 0 Å². The van der Waals surface area contributed by atoms with Gasteiger partial charge >= 0.3 is 0 Å². The quantitative estimate of drug-likeness (QED) is 0.810. The van der Waals surface area contributed by atoms with E-state index in [-0.39, 0.29) is 16.8 Å². The highest BCUT2D eigenvalue weighted by atomic mass is 32.2. The van der Waals surface area contributed by atoms with Crippen molar-refractivity contribution in [2.45, 2.75) is 81.7 Å². The monoisotopic (exact) mass is 408 g/mol. The number of ether oxygens (including phenoxy) is 1. The van der Waals surface area contributed by atoms with Gasteiger partial charge in [0.2, 0.25) is 15.9 Å². The number of aryl methyl sites for hydroxylation is 1. The lowest BCUT2D eigenvalue weighted by Gasteiger charge is -2.27. The van der Waals surface area contributed by atoms with Crippen molar-refractivity contribution >= 4 is 15.9 Å². The van der Waals surface area contributed by atoms with Crippen LogP contribution in [0.4, 0.5) is 0 Å². The lowest BCUT2D eigenvalue weighted by atomic mass is 9.96. The first kappa shape index (κ1) is 21.1. The molecular formula is C21H32N2O4S. The number of rotatable bonds is 5. The summed E-state index contributed by atoms with van der Waals surface area (Å²) in [6, 6.07) is 4.58. The second-order valence-corrected chi connectivity index (χ2v) is 9.81. The SMILES string of the molecule is COc1ccc(C)c(S(=O)(=O)N2CCC[C@@H]2C(=O)NC2CCCCCCC2)c1. The third kappa shape index (κ3) is 4.69. The number of nitrogens with zero attached hydrogens (tertiary/aromatic N) is 1. The molecule has 1 heterocycles. The average Bonchev–Trinajstić information content (AvgIpc) is 3.15. The Labute approximate surface area is 168 Å². The highest BCUT2D eigenvalue weighted by Crippen LogP contribution is 2.30. The van der Waals surface area contributed by atoms with E-state index >= 15 is 0 Å². The fourth-order valence-corrected chi connectivity index (χ4v) is 6.20. The van der Waals surface area contributed by atoms with Gasteiger partial charge < -0.3 is 10.1 Å². The summed E-state index contributed by atoms with van der Waals surface area (Å²) in [5, 5.41) is 3.15. The fraction of sp³-hybridized carbons (Fsp3) is 0.667. The molecular weight excluding hydrogens is 376 g/mol. The lowest BCUT2D eigenvalue weighted by molar-refractivity contribution is -0.125. The molecule has 1 aromatic carbocycles. The van der Waals surface area contributed by atoms with Crippen LogP contribution in [0.25, 0.3) is 0 Å². The molecule has 1 aliphatic carbocycles. The zero-order valence-corrected chi connectivity index (χ0v) is 17.8. The first-order chi connectivity index (χ1) is 13.4.